The number of ether oxygens (including phenoxy) is 2. The highest BCUT2D eigenvalue weighted by Crippen LogP contribution is 2.30. The lowest BCUT2D eigenvalue weighted by Gasteiger charge is -2.13. The molecule has 0 unspecified atom stereocenters. The van der Waals surface area contributed by atoms with Crippen LogP contribution >= 0.6 is 35.0 Å². The summed E-state index contributed by atoms with van der Waals surface area (Å²) in [6.07, 6.45) is 1.76. The van der Waals surface area contributed by atoms with Crippen LogP contribution < -0.4 is 9.47 Å². The minimum atomic E-state index is 0.297. The highest BCUT2D eigenvalue weighted by atomic mass is 35.5. The molecule has 0 aliphatic heterocycles. The SMILES string of the molecule is CCOc1cc(/C=N/n2c(C)nnc2SCc2ccccc2)ccc1OCc1ccc(Cl)cc1Cl. The van der Waals surface area contributed by atoms with Crippen molar-refractivity contribution in [3.63, 3.8) is 0 Å². The summed E-state index contributed by atoms with van der Waals surface area (Å²) in [4.78, 5) is 0. The molecule has 0 bridgehead atoms. The lowest BCUT2D eigenvalue weighted by Crippen LogP contribution is -2.01. The average Bonchev–Trinajstić information content (AvgIpc) is 3.21. The molecule has 0 aliphatic carbocycles. The van der Waals surface area contributed by atoms with Crippen molar-refractivity contribution in [2.24, 2.45) is 5.10 Å². The van der Waals surface area contributed by atoms with E-state index >= 15 is 0 Å². The quantitative estimate of drug-likeness (QED) is 0.163. The zero-order chi connectivity index (χ0) is 24.6. The van der Waals surface area contributed by atoms with E-state index in [9.17, 15) is 0 Å². The molecule has 0 saturated carbocycles. The van der Waals surface area contributed by atoms with Gasteiger partial charge in [0.25, 0.3) is 0 Å². The number of halogens is 2. The van der Waals surface area contributed by atoms with Gasteiger partial charge in [0, 0.05) is 21.4 Å². The first-order valence-corrected chi connectivity index (χ1v) is 12.7. The van der Waals surface area contributed by atoms with Gasteiger partial charge in [-0.05, 0) is 55.3 Å². The van der Waals surface area contributed by atoms with Crippen LogP contribution in [-0.4, -0.2) is 27.7 Å². The second-order valence-corrected chi connectivity index (χ2v) is 9.31. The smallest absolute Gasteiger partial charge is 0.212 e. The van der Waals surface area contributed by atoms with E-state index in [1.54, 1.807) is 34.8 Å². The molecule has 35 heavy (non-hydrogen) atoms. The predicted octanol–water partition coefficient (Wildman–Crippen LogP) is 7.05. The van der Waals surface area contributed by atoms with Crippen LogP contribution in [0.5, 0.6) is 11.5 Å². The number of hydrogen-bond acceptors (Lipinski definition) is 6. The molecule has 4 rings (SSSR count). The van der Waals surface area contributed by atoms with Crippen LogP contribution in [0.15, 0.2) is 77.0 Å². The minimum Gasteiger partial charge on any atom is -0.490 e. The predicted molar refractivity (Wildman–Crippen MR) is 142 cm³/mol. The Kier molecular flexibility index (Phi) is 8.69. The first-order valence-electron chi connectivity index (χ1n) is 11.0. The number of rotatable bonds is 10. The van der Waals surface area contributed by atoms with Crippen LogP contribution in [0, 0.1) is 6.92 Å². The van der Waals surface area contributed by atoms with Crippen LogP contribution in [0.25, 0.3) is 0 Å². The van der Waals surface area contributed by atoms with E-state index in [0.717, 1.165) is 22.0 Å². The van der Waals surface area contributed by atoms with Crippen LogP contribution in [0.4, 0.5) is 0 Å². The Bertz CT molecular complexity index is 1310. The normalized spacial score (nSPS) is 11.2. The Morgan fingerprint density at radius 3 is 2.57 bits per heavy atom. The summed E-state index contributed by atoms with van der Waals surface area (Å²) in [5, 5.41) is 14.9. The van der Waals surface area contributed by atoms with E-state index in [1.807, 2.05) is 56.3 Å². The van der Waals surface area contributed by atoms with Crippen LogP contribution in [-0.2, 0) is 12.4 Å². The topological polar surface area (TPSA) is 61.5 Å². The van der Waals surface area contributed by atoms with Gasteiger partial charge >= 0.3 is 0 Å². The molecule has 0 radical (unpaired) electrons. The maximum atomic E-state index is 6.27. The van der Waals surface area contributed by atoms with Crippen molar-refractivity contribution in [3.05, 3.63) is 99.3 Å². The van der Waals surface area contributed by atoms with Crippen LogP contribution in [0.2, 0.25) is 10.0 Å². The van der Waals surface area contributed by atoms with Crippen molar-refractivity contribution in [1.82, 2.24) is 14.9 Å². The Hall–Kier alpha value is -3.00. The molecule has 0 atom stereocenters. The van der Waals surface area contributed by atoms with E-state index in [2.05, 4.69) is 27.4 Å². The molecular formula is C26H24Cl2N4O2S. The largest absolute Gasteiger partial charge is 0.490 e. The van der Waals surface area contributed by atoms with Gasteiger partial charge in [-0.3, -0.25) is 0 Å². The molecule has 6 nitrogen and oxygen atoms in total. The second kappa shape index (κ2) is 12.1. The summed E-state index contributed by atoms with van der Waals surface area (Å²) in [7, 11) is 0. The molecule has 9 heteroatoms. The highest BCUT2D eigenvalue weighted by Gasteiger charge is 2.11. The van der Waals surface area contributed by atoms with Gasteiger partial charge in [-0.1, -0.05) is 71.4 Å². The molecule has 0 spiro atoms. The van der Waals surface area contributed by atoms with Gasteiger partial charge in [-0.15, -0.1) is 10.2 Å². The van der Waals surface area contributed by atoms with Crippen molar-refractivity contribution >= 4 is 41.2 Å². The molecule has 4 aromatic rings. The Balaban J connectivity index is 1.48. The Morgan fingerprint density at radius 1 is 0.971 bits per heavy atom. The molecule has 0 aliphatic rings. The monoisotopic (exact) mass is 526 g/mol. The summed E-state index contributed by atoms with van der Waals surface area (Å²) in [5.41, 5.74) is 2.91. The lowest BCUT2D eigenvalue weighted by molar-refractivity contribution is 0.269. The fraction of sp³-hybridized carbons (Fsp3) is 0.192. The number of benzene rings is 3. The number of nitrogens with zero attached hydrogens (tertiary/aromatic N) is 4. The summed E-state index contributed by atoms with van der Waals surface area (Å²) in [5.74, 6) is 2.74. The summed E-state index contributed by atoms with van der Waals surface area (Å²) in [6.45, 7) is 4.60. The third kappa shape index (κ3) is 6.78. The third-order valence-electron chi connectivity index (χ3n) is 4.97. The molecule has 0 N–H and O–H groups in total. The van der Waals surface area contributed by atoms with E-state index < -0.39 is 0 Å². The van der Waals surface area contributed by atoms with Crippen LogP contribution in [0.1, 0.15) is 29.4 Å². The lowest BCUT2D eigenvalue weighted by atomic mass is 10.2. The maximum Gasteiger partial charge on any atom is 0.212 e. The summed E-state index contributed by atoms with van der Waals surface area (Å²) >= 11 is 13.8. The van der Waals surface area contributed by atoms with Crippen molar-refractivity contribution in [3.8, 4) is 11.5 Å². The molecule has 0 fully saturated rings. The molecular weight excluding hydrogens is 503 g/mol. The van der Waals surface area contributed by atoms with E-state index in [-0.39, 0.29) is 0 Å². The van der Waals surface area contributed by atoms with Gasteiger partial charge in [0.1, 0.15) is 6.61 Å². The second-order valence-electron chi connectivity index (χ2n) is 7.52. The van der Waals surface area contributed by atoms with Gasteiger partial charge in [0.2, 0.25) is 5.16 Å². The number of aromatic nitrogens is 3. The van der Waals surface area contributed by atoms with E-state index in [4.69, 9.17) is 32.7 Å². The van der Waals surface area contributed by atoms with Crippen molar-refractivity contribution < 1.29 is 9.47 Å². The molecule has 3 aromatic carbocycles. The summed E-state index contributed by atoms with van der Waals surface area (Å²) in [6, 6.07) is 21.2. The number of aryl methyl sites for hydroxylation is 1. The molecule has 0 amide bonds. The Labute approximate surface area is 218 Å². The third-order valence-corrected chi connectivity index (χ3v) is 6.54. The standard InChI is InChI=1S/C26H24Cl2N4O2S/c1-3-33-25-13-20(9-12-24(25)34-16-21-10-11-22(27)14-23(21)28)15-29-32-18(2)30-31-26(32)35-17-19-7-5-4-6-8-19/h4-15H,3,16-17H2,1-2H3/b29-15+. The number of thioether (sulfide) groups is 1. The molecule has 1 aromatic heterocycles. The molecule has 0 saturated heterocycles. The maximum absolute atomic E-state index is 6.27. The van der Waals surface area contributed by atoms with Gasteiger partial charge < -0.3 is 9.47 Å². The van der Waals surface area contributed by atoms with Gasteiger partial charge in [-0.25, -0.2) is 0 Å². The Morgan fingerprint density at radius 2 is 1.80 bits per heavy atom. The zero-order valence-corrected chi connectivity index (χ0v) is 21.6. The zero-order valence-electron chi connectivity index (χ0n) is 19.3. The van der Waals surface area contributed by atoms with Crippen molar-refractivity contribution in [2.75, 3.05) is 6.61 Å². The fourth-order valence-electron chi connectivity index (χ4n) is 3.19. The van der Waals surface area contributed by atoms with E-state index in [0.29, 0.717) is 40.6 Å². The first kappa shape index (κ1) is 25.1. The van der Waals surface area contributed by atoms with Crippen molar-refractivity contribution in [1.29, 1.82) is 0 Å². The highest BCUT2D eigenvalue weighted by molar-refractivity contribution is 7.98. The number of hydrogen-bond donors (Lipinski definition) is 0. The minimum absolute atomic E-state index is 0.297. The van der Waals surface area contributed by atoms with Crippen LogP contribution in [0.3, 0.4) is 0 Å². The van der Waals surface area contributed by atoms with Gasteiger partial charge in [0.15, 0.2) is 17.3 Å². The summed E-state index contributed by atoms with van der Waals surface area (Å²) < 4.78 is 13.5. The van der Waals surface area contributed by atoms with Crippen molar-refractivity contribution in [2.45, 2.75) is 31.4 Å². The first-order chi connectivity index (χ1) is 17.0. The van der Waals surface area contributed by atoms with Gasteiger partial charge in [-0.2, -0.15) is 9.78 Å². The average molecular weight is 527 g/mol. The van der Waals surface area contributed by atoms with E-state index in [1.165, 1.54) is 5.56 Å². The molecule has 180 valence electrons. The molecule has 1 heterocycles. The fourth-order valence-corrected chi connectivity index (χ4v) is 4.55. The van der Waals surface area contributed by atoms with Gasteiger partial charge in [0.05, 0.1) is 12.8 Å².